The van der Waals surface area contributed by atoms with Crippen LogP contribution < -0.4 is 10.6 Å². The summed E-state index contributed by atoms with van der Waals surface area (Å²) in [6, 6.07) is 12.2. The van der Waals surface area contributed by atoms with Crippen molar-refractivity contribution in [2.24, 2.45) is 0 Å². The van der Waals surface area contributed by atoms with Gasteiger partial charge < -0.3 is 15.4 Å². The lowest BCUT2D eigenvalue weighted by molar-refractivity contribution is 0.0594. The van der Waals surface area contributed by atoms with Crippen molar-refractivity contribution in [1.82, 2.24) is 4.98 Å². The van der Waals surface area contributed by atoms with E-state index in [1.165, 1.54) is 13.2 Å². The van der Waals surface area contributed by atoms with Crippen molar-refractivity contribution < 1.29 is 9.53 Å². The summed E-state index contributed by atoms with van der Waals surface area (Å²) in [7, 11) is 3.05. The standard InChI is InChI=1S/C15H14N4O2/c1-19(11-5-3-4-10(8-11)9-16)14-12(17)6-7-13(18-14)15(20)21-2/h3-8H,17H2,1-2H3. The Kier molecular flexibility index (Phi) is 4.05. The number of esters is 1. The predicted octanol–water partition coefficient (Wildman–Crippen LogP) is 2.09. The van der Waals surface area contributed by atoms with Crippen LogP contribution in [0.4, 0.5) is 17.2 Å². The molecule has 0 unspecified atom stereocenters. The molecule has 106 valence electrons. The predicted molar refractivity (Wildman–Crippen MR) is 79.2 cm³/mol. The summed E-state index contributed by atoms with van der Waals surface area (Å²) < 4.78 is 4.65. The molecule has 0 aliphatic heterocycles. The summed E-state index contributed by atoms with van der Waals surface area (Å²) in [5.41, 5.74) is 7.79. The Morgan fingerprint density at radius 1 is 1.38 bits per heavy atom. The highest BCUT2D eigenvalue weighted by Crippen LogP contribution is 2.27. The van der Waals surface area contributed by atoms with E-state index in [1.807, 2.05) is 6.07 Å². The van der Waals surface area contributed by atoms with E-state index < -0.39 is 5.97 Å². The molecule has 0 aliphatic rings. The number of nitrogen functional groups attached to an aromatic ring is 1. The van der Waals surface area contributed by atoms with Crippen molar-refractivity contribution in [1.29, 1.82) is 5.26 Å². The SMILES string of the molecule is COC(=O)c1ccc(N)c(N(C)c2cccc(C#N)c2)n1. The van der Waals surface area contributed by atoms with Gasteiger partial charge in [0.1, 0.15) is 0 Å². The topological polar surface area (TPSA) is 92.2 Å². The molecule has 0 amide bonds. The number of carbonyl (C=O) groups is 1. The van der Waals surface area contributed by atoms with Gasteiger partial charge in [-0.15, -0.1) is 0 Å². The lowest BCUT2D eigenvalue weighted by Crippen LogP contribution is -2.16. The van der Waals surface area contributed by atoms with Crippen molar-refractivity contribution >= 4 is 23.2 Å². The van der Waals surface area contributed by atoms with Crippen LogP contribution in [-0.2, 0) is 4.74 Å². The van der Waals surface area contributed by atoms with Gasteiger partial charge >= 0.3 is 5.97 Å². The third-order valence-electron chi connectivity index (χ3n) is 2.98. The number of methoxy groups -OCH3 is 1. The van der Waals surface area contributed by atoms with Gasteiger partial charge in [-0.25, -0.2) is 9.78 Å². The van der Waals surface area contributed by atoms with Gasteiger partial charge in [0.2, 0.25) is 0 Å². The molecule has 0 atom stereocenters. The molecular formula is C15H14N4O2. The molecule has 0 spiro atoms. The van der Waals surface area contributed by atoms with Crippen LogP contribution in [0.5, 0.6) is 0 Å². The molecule has 0 bridgehead atoms. The highest BCUT2D eigenvalue weighted by molar-refractivity contribution is 5.89. The first kappa shape index (κ1) is 14.3. The molecule has 1 aromatic carbocycles. The van der Waals surface area contributed by atoms with Crippen LogP contribution in [0.25, 0.3) is 0 Å². The van der Waals surface area contributed by atoms with Crippen LogP contribution in [0.2, 0.25) is 0 Å². The molecule has 2 rings (SSSR count). The molecule has 1 aromatic heterocycles. The maximum atomic E-state index is 11.5. The van der Waals surface area contributed by atoms with E-state index in [0.717, 1.165) is 5.69 Å². The molecule has 2 aromatic rings. The van der Waals surface area contributed by atoms with Crippen molar-refractivity contribution in [3.8, 4) is 6.07 Å². The second kappa shape index (κ2) is 5.92. The van der Waals surface area contributed by atoms with Crippen LogP contribution in [0, 0.1) is 11.3 Å². The molecule has 6 heteroatoms. The number of nitrogens with zero attached hydrogens (tertiary/aromatic N) is 3. The van der Waals surface area contributed by atoms with Crippen molar-refractivity contribution in [3.05, 3.63) is 47.7 Å². The van der Waals surface area contributed by atoms with Crippen molar-refractivity contribution in [3.63, 3.8) is 0 Å². The van der Waals surface area contributed by atoms with Crippen LogP contribution in [0.15, 0.2) is 36.4 Å². The summed E-state index contributed by atoms with van der Waals surface area (Å²) >= 11 is 0. The van der Waals surface area contributed by atoms with Crippen molar-refractivity contribution in [2.75, 3.05) is 24.8 Å². The van der Waals surface area contributed by atoms with E-state index in [4.69, 9.17) is 11.0 Å². The normalized spacial score (nSPS) is 9.76. The number of pyridine rings is 1. The number of anilines is 3. The zero-order valence-corrected chi connectivity index (χ0v) is 11.7. The minimum absolute atomic E-state index is 0.171. The number of hydrogen-bond acceptors (Lipinski definition) is 6. The highest BCUT2D eigenvalue weighted by atomic mass is 16.5. The number of ether oxygens (including phenoxy) is 1. The molecule has 0 saturated carbocycles. The van der Waals surface area contributed by atoms with Gasteiger partial charge in [-0.1, -0.05) is 6.07 Å². The molecule has 1 heterocycles. The fourth-order valence-corrected chi connectivity index (χ4v) is 1.85. The fourth-order valence-electron chi connectivity index (χ4n) is 1.85. The molecule has 21 heavy (non-hydrogen) atoms. The Bertz CT molecular complexity index is 722. The third-order valence-corrected chi connectivity index (χ3v) is 2.98. The maximum absolute atomic E-state index is 11.5. The molecule has 0 radical (unpaired) electrons. The van der Waals surface area contributed by atoms with Crippen LogP contribution in [-0.4, -0.2) is 25.1 Å². The van der Waals surface area contributed by atoms with E-state index in [0.29, 0.717) is 17.1 Å². The molecule has 0 aliphatic carbocycles. The van der Waals surface area contributed by atoms with E-state index in [9.17, 15) is 4.79 Å². The number of benzene rings is 1. The molecule has 6 nitrogen and oxygen atoms in total. The number of carbonyl (C=O) groups excluding carboxylic acids is 1. The molecular weight excluding hydrogens is 268 g/mol. The minimum Gasteiger partial charge on any atom is -0.464 e. The lowest BCUT2D eigenvalue weighted by atomic mass is 10.2. The van der Waals surface area contributed by atoms with Crippen molar-refractivity contribution in [2.45, 2.75) is 0 Å². The summed E-state index contributed by atoms with van der Waals surface area (Å²) in [6.45, 7) is 0. The van der Waals surface area contributed by atoms with Crippen LogP contribution in [0.3, 0.4) is 0 Å². The van der Waals surface area contributed by atoms with Gasteiger partial charge in [0.15, 0.2) is 11.5 Å². The first-order valence-corrected chi connectivity index (χ1v) is 6.15. The second-order valence-electron chi connectivity index (χ2n) is 4.32. The summed E-state index contributed by atoms with van der Waals surface area (Å²) in [4.78, 5) is 17.5. The number of aromatic nitrogens is 1. The molecule has 0 saturated heterocycles. The van der Waals surface area contributed by atoms with Crippen LogP contribution >= 0.6 is 0 Å². The zero-order chi connectivity index (χ0) is 15.4. The monoisotopic (exact) mass is 282 g/mol. The first-order chi connectivity index (χ1) is 10.1. The third kappa shape index (κ3) is 2.92. The van der Waals surface area contributed by atoms with E-state index in [-0.39, 0.29) is 5.69 Å². The largest absolute Gasteiger partial charge is 0.464 e. The van der Waals surface area contributed by atoms with Gasteiger partial charge in [-0.3, -0.25) is 0 Å². The second-order valence-corrected chi connectivity index (χ2v) is 4.32. The Balaban J connectivity index is 2.44. The van der Waals surface area contributed by atoms with Crippen LogP contribution in [0.1, 0.15) is 16.1 Å². The number of nitriles is 1. The van der Waals surface area contributed by atoms with Gasteiger partial charge in [-0.2, -0.15) is 5.26 Å². The quantitative estimate of drug-likeness (QED) is 0.866. The van der Waals surface area contributed by atoms with Gasteiger partial charge in [-0.05, 0) is 30.3 Å². The number of nitrogens with two attached hydrogens (primary N) is 1. The minimum atomic E-state index is -0.532. The Morgan fingerprint density at radius 2 is 2.14 bits per heavy atom. The Hall–Kier alpha value is -3.07. The van der Waals surface area contributed by atoms with E-state index in [1.54, 1.807) is 36.2 Å². The summed E-state index contributed by atoms with van der Waals surface area (Å²) in [6.07, 6.45) is 0. The first-order valence-electron chi connectivity index (χ1n) is 6.15. The number of rotatable bonds is 3. The summed E-state index contributed by atoms with van der Waals surface area (Å²) in [5.74, 6) is -0.108. The molecule has 2 N–H and O–H groups in total. The Morgan fingerprint density at radius 3 is 2.81 bits per heavy atom. The maximum Gasteiger partial charge on any atom is 0.356 e. The molecule has 0 fully saturated rings. The average Bonchev–Trinajstić information content (AvgIpc) is 2.54. The average molecular weight is 282 g/mol. The lowest BCUT2D eigenvalue weighted by Gasteiger charge is -2.20. The van der Waals surface area contributed by atoms with Gasteiger partial charge in [0.25, 0.3) is 0 Å². The van der Waals surface area contributed by atoms with E-state index >= 15 is 0 Å². The van der Waals surface area contributed by atoms with Gasteiger partial charge in [0, 0.05) is 12.7 Å². The number of hydrogen-bond donors (Lipinski definition) is 1. The fraction of sp³-hybridized carbons (Fsp3) is 0.133. The summed E-state index contributed by atoms with van der Waals surface area (Å²) in [5, 5.41) is 8.95. The van der Waals surface area contributed by atoms with Gasteiger partial charge in [0.05, 0.1) is 24.4 Å². The van der Waals surface area contributed by atoms with E-state index in [2.05, 4.69) is 15.8 Å². The smallest absolute Gasteiger partial charge is 0.356 e. The highest BCUT2D eigenvalue weighted by Gasteiger charge is 2.14. The Labute approximate surface area is 122 Å². The zero-order valence-electron chi connectivity index (χ0n) is 11.7.